The second kappa shape index (κ2) is 11.5. The lowest BCUT2D eigenvalue weighted by Gasteiger charge is -2.32. The van der Waals surface area contributed by atoms with Gasteiger partial charge in [0.05, 0.1) is 13.2 Å². The highest BCUT2D eigenvalue weighted by molar-refractivity contribution is 9.10. The van der Waals surface area contributed by atoms with Gasteiger partial charge in [-0.05, 0) is 65.9 Å². The molecule has 0 unspecified atom stereocenters. The summed E-state index contributed by atoms with van der Waals surface area (Å²) in [5.41, 5.74) is 3.37. The maximum absolute atomic E-state index is 5.80. The molecule has 33 heavy (non-hydrogen) atoms. The van der Waals surface area contributed by atoms with Crippen molar-refractivity contribution < 1.29 is 9.47 Å². The maximum Gasteiger partial charge on any atom is 0.222 e. The van der Waals surface area contributed by atoms with Crippen LogP contribution in [0.15, 0.2) is 59.3 Å². The number of nitrogens with one attached hydrogen (secondary N) is 1. The predicted octanol–water partition coefficient (Wildman–Crippen LogP) is 5.78. The summed E-state index contributed by atoms with van der Waals surface area (Å²) in [5.74, 6) is 2.38. The van der Waals surface area contributed by atoms with Crippen molar-refractivity contribution in [2.45, 2.75) is 39.3 Å². The molecule has 1 aromatic heterocycles. The minimum absolute atomic E-state index is 0.381. The number of hydrogen-bond acceptors (Lipinski definition) is 6. The van der Waals surface area contributed by atoms with Crippen molar-refractivity contribution >= 4 is 21.9 Å². The Morgan fingerprint density at radius 1 is 0.939 bits per heavy atom. The van der Waals surface area contributed by atoms with Crippen LogP contribution in [0.3, 0.4) is 0 Å². The number of aromatic nitrogens is 2. The van der Waals surface area contributed by atoms with E-state index in [4.69, 9.17) is 9.47 Å². The zero-order chi connectivity index (χ0) is 23.0. The van der Waals surface area contributed by atoms with Crippen molar-refractivity contribution in [3.8, 4) is 22.6 Å². The number of anilines is 1. The first-order chi connectivity index (χ1) is 16.2. The van der Waals surface area contributed by atoms with Crippen LogP contribution < -0.4 is 14.8 Å². The third kappa shape index (κ3) is 6.24. The molecule has 1 saturated heterocycles. The minimum atomic E-state index is 0.381. The maximum atomic E-state index is 5.80. The molecule has 1 aliphatic heterocycles. The molecule has 2 aromatic carbocycles. The van der Waals surface area contributed by atoms with Gasteiger partial charge in [-0.3, -0.25) is 4.90 Å². The molecule has 0 aliphatic carbocycles. The van der Waals surface area contributed by atoms with Crippen LogP contribution in [0, 0.1) is 0 Å². The fourth-order valence-electron chi connectivity index (χ4n) is 4.10. The van der Waals surface area contributed by atoms with Gasteiger partial charge >= 0.3 is 0 Å². The second-order valence-electron chi connectivity index (χ2n) is 8.13. The van der Waals surface area contributed by atoms with Crippen molar-refractivity contribution in [2.75, 3.05) is 31.6 Å². The number of nitrogens with zero attached hydrogens (tertiary/aromatic N) is 3. The smallest absolute Gasteiger partial charge is 0.222 e. The largest absolute Gasteiger partial charge is 0.493 e. The lowest BCUT2D eigenvalue weighted by molar-refractivity contribution is 0.210. The molecular weight excluding hydrogens is 480 g/mol. The molecule has 0 amide bonds. The highest BCUT2D eigenvalue weighted by Gasteiger charge is 2.21. The van der Waals surface area contributed by atoms with Gasteiger partial charge in [-0.2, -0.15) is 0 Å². The lowest BCUT2D eigenvalue weighted by Crippen LogP contribution is -2.39. The van der Waals surface area contributed by atoms with Crippen LogP contribution in [0.25, 0.3) is 11.1 Å². The van der Waals surface area contributed by atoms with E-state index >= 15 is 0 Å². The van der Waals surface area contributed by atoms with E-state index in [1.807, 2.05) is 44.4 Å². The first kappa shape index (κ1) is 23.5. The van der Waals surface area contributed by atoms with E-state index < -0.39 is 0 Å². The van der Waals surface area contributed by atoms with E-state index in [2.05, 4.69) is 60.4 Å². The molecule has 174 valence electrons. The molecule has 2 heterocycles. The summed E-state index contributed by atoms with van der Waals surface area (Å²) in [6.45, 7) is 8.15. The second-order valence-corrected chi connectivity index (χ2v) is 8.92. The zero-order valence-electron chi connectivity index (χ0n) is 19.3. The van der Waals surface area contributed by atoms with Crippen LogP contribution in [-0.4, -0.2) is 47.2 Å². The van der Waals surface area contributed by atoms with Crippen LogP contribution in [-0.2, 0) is 6.54 Å². The first-order valence-electron chi connectivity index (χ1n) is 11.6. The number of hydrogen-bond donors (Lipinski definition) is 1. The summed E-state index contributed by atoms with van der Waals surface area (Å²) in [7, 11) is 0. The summed E-state index contributed by atoms with van der Waals surface area (Å²) in [5, 5.41) is 3.51. The number of rotatable bonds is 9. The van der Waals surface area contributed by atoms with Gasteiger partial charge in [-0.15, -0.1) is 0 Å². The Morgan fingerprint density at radius 3 is 2.12 bits per heavy atom. The molecule has 0 spiro atoms. The Labute approximate surface area is 204 Å². The fourth-order valence-corrected chi connectivity index (χ4v) is 4.56. The molecule has 1 aliphatic rings. The van der Waals surface area contributed by atoms with Gasteiger partial charge in [0.2, 0.25) is 5.95 Å². The lowest BCUT2D eigenvalue weighted by atomic mass is 10.0. The van der Waals surface area contributed by atoms with Gasteiger partial charge in [0.15, 0.2) is 0 Å². The van der Waals surface area contributed by atoms with E-state index in [-0.39, 0.29) is 0 Å². The summed E-state index contributed by atoms with van der Waals surface area (Å²) in [4.78, 5) is 11.5. The first-order valence-corrected chi connectivity index (χ1v) is 12.4. The van der Waals surface area contributed by atoms with Crippen LogP contribution >= 0.6 is 15.9 Å². The SMILES string of the molecule is CCOc1cc(CN2CCC(Nc3ncc(-c4ccccc4)cn3)CC2)cc(OCC)c1Br. The van der Waals surface area contributed by atoms with Gasteiger partial charge in [-0.25, -0.2) is 9.97 Å². The summed E-state index contributed by atoms with van der Waals surface area (Å²) in [6, 6.07) is 14.8. The van der Waals surface area contributed by atoms with Crippen molar-refractivity contribution in [1.82, 2.24) is 14.9 Å². The van der Waals surface area contributed by atoms with Gasteiger partial charge in [0, 0.05) is 43.6 Å². The van der Waals surface area contributed by atoms with Crippen molar-refractivity contribution in [3.05, 3.63) is 64.9 Å². The van der Waals surface area contributed by atoms with Gasteiger partial charge in [0.1, 0.15) is 16.0 Å². The number of benzene rings is 2. The van der Waals surface area contributed by atoms with Crippen LogP contribution in [0.2, 0.25) is 0 Å². The molecular formula is C26H31BrN4O2. The Kier molecular flexibility index (Phi) is 8.18. The Morgan fingerprint density at radius 2 is 1.55 bits per heavy atom. The van der Waals surface area contributed by atoms with Gasteiger partial charge in [-0.1, -0.05) is 30.3 Å². The molecule has 6 nitrogen and oxygen atoms in total. The highest BCUT2D eigenvalue weighted by Crippen LogP contribution is 2.36. The summed E-state index contributed by atoms with van der Waals surface area (Å²) < 4.78 is 12.5. The molecule has 0 atom stereocenters. The highest BCUT2D eigenvalue weighted by atomic mass is 79.9. The van der Waals surface area contributed by atoms with Crippen LogP contribution in [0.1, 0.15) is 32.3 Å². The normalized spacial score (nSPS) is 14.8. The van der Waals surface area contributed by atoms with E-state index in [1.165, 1.54) is 5.56 Å². The minimum Gasteiger partial charge on any atom is -0.493 e. The molecule has 0 bridgehead atoms. The molecule has 1 fully saturated rings. The molecule has 4 rings (SSSR count). The van der Waals surface area contributed by atoms with Crippen molar-refractivity contribution in [1.29, 1.82) is 0 Å². The fraction of sp³-hybridized carbons (Fsp3) is 0.385. The topological polar surface area (TPSA) is 59.5 Å². The Hall–Kier alpha value is -2.64. The molecule has 0 saturated carbocycles. The predicted molar refractivity (Wildman–Crippen MR) is 136 cm³/mol. The standard InChI is InChI=1S/C26H31BrN4O2/c1-3-32-23-14-19(15-24(25(23)27)33-4-2)18-31-12-10-22(11-13-31)30-26-28-16-21(17-29-26)20-8-6-5-7-9-20/h5-9,14-17,22H,3-4,10-13,18H2,1-2H3,(H,28,29,30). The summed E-state index contributed by atoms with van der Waals surface area (Å²) in [6.07, 6.45) is 5.88. The zero-order valence-corrected chi connectivity index (χ0v) is 20.8. The quantitative estimate of drug-likeness (QED) is 0.393. The van der Waals surface area contributed by atoms with Crippen LogP contribution in [0.4, 0.5) is 5.95 Å². The van der Waals surface area contributed by atoms with Gasteiger partial charge < -0.3 is 14.8 Å². The van der Waals surface area contributed by atoms with Crippen molar-refractivity contribution in [3.63, 3.8) is 0 Å². The molecule has 1 N–H and O–H groups in total. The average Bonchev–Trinajstić information content (AvgIpc) is 2.84. The third-order valence-electron chi connectivity index (χ3n) is 5.75. The third-order valence-corrected chi connectivity index (χ3v) is 6.53. The number of ether oxygens (including phenoxy) is 2. The van der Waals surface area contributed by atoms with E-state index in [1.54, 1.807) is 0 Å². The average molecular weight is 511 g/mol. The van der Waals surface area contributed by atoms with Gasteiger partial charge in [0.25, 0.3) is 0 Å². The van der Waals surface area contributed by atoms with Crippen molar-refractivity contribution in [2.24, 2.45) is 0 Å². The van der Waals surface area contributed by atoms with E-state index in [0.29, 0.717) is 25.2 Å². The molecule has 3 aromatic rings. The number of likely N-dealkylation sites (tertiary alicyclic amines) is 1. The number of piperidine rings is 1. The Bertz CT molecular complexity index is 995. The summed E-state index contributed by atoms with van der Waals surface area (Å²) >= 11 is 3.62. The number of halogens is 1. The van der Waals surface area contributed by atoms with Crippen LogP contribution in [0.5, 0.6) is 11.5 Å². The monoisotopic (exact) mass is 510 g/mol. The Balaban J connectivity index is 1.32. The van der Waals surface area contributed by atoms with E-state index in [9.17, 15) is 0 Å². The molecule has 0 radical (unpaired) electrons. The van der Waals surface area contributed by atoms with E-state index in [0.717, 1.165) is 59.6 Å². The molecule has 7 heteroatoms.